The molecule has 1 unspecified atom stereocenters. The highest BCUT2D eigenvalue weighted by Gasteiger charge is 2.36. The number of aromatic nitrogens is 2. The summed E-state index contributed by atoms with van der Waals surface area (Å²) in [6, 6.07) is 14.1. The van der Waals surface area contributed by atoms with Crippen LogP contribution >= 0.6 is 0 Å². The smallest absolute Gasteiger partial charge is 0.242 e. The molecule has 2 aromatic carbocycles. The zero-order valence-electron chi connectivity index (χ0n) is 21.9. The van der Waals surface area contributed by atoms with E-state index in [9.17, 15) is 9.59 Å². The van der Waals surface area contributed by atoms with Crippen LogP contribution in [0.2, 0.25) is 0 Å². The van der Waals surface area contributed by atoms with Gasteiger partial charge in [0.25, 0.3) is 0 Å². The fourth-order valence-corrected chi connectivity index (χ4v) is 5.30. The summed E-state index contributed by atoms with van der Waals surface area (Å²) in [6.45, 7) is 15.0. The minimum atomic E-state index is -0.0645. The van der Waals surface area contributed by atoms with Crippen molar-refractivity contribution >= 4 is 28.5 Å². The van der Waals surface area contributed by atoms with Crippen molar-refractivity contribution in [3.05, 3.63) is 59.4 Å². The third-order valence-electron chi connectivity index (χ3n) is 6.70. The topological polar surface area (TPSA) is 58.4 Å². The summed E-state index contributed by atoms with van der Waals surface area (Å²) < 4.78 is 2.05. The lowest BCUT2D eigenvalue weighted by Gasteiger charge is -2.27. The van der Waals surface area contributed by atoms with Crippen LogP contribution in [0.5, 0.6) is 0 Å². The first-order valence-corrected chi connectivity index (χ1v) is 12.7. The minimum absolute atomic E-state index is 0.0645. The first-order chi connectivity index (χ1) is 16.7. The Morgan fingerprint density at radius 1 is 1.00 bits per heavy atom. The van der Waals surface area contributed by atoms with Gasteiger partial charge in [0.05, 0.1) is 11.0 Å². The van der Waals surface area contributed by atoms with E-state index in [1.807, 2.05) is 40.1 Å². The summed E-state index contributed by atoms with van der Waals surface area (Å²) in [5.74, 6) is 1.78. The molecule has 4 rings (SSSR count). The number of carbonyl (C=O) groups excluding carboxylic acids is 2. The monoisotopic (exact) mass is 474 g/mol. The molecule has 1 fully saturated rings. The SMILES string of the molecule is Cc1cccc(C)c1N1CC(c2nc3ccccc3n2CC(=O)N(CC(C)C)CC(C)C)CC1=O. The highest BCUT2D eigenvalue weighted by Crippen LogP contribution is 2.36. The third-order valence-corrected chi connectivity index (χ3v) is 6.70. The number of amides is 2. The quantitative estimate of drug-likeness (QED) is 0.444. The molecule has 186 valence electrons. The van der Waals surface area contributed by atoms with Gasteiger partial charge >= 0.3 is 0 Å². The Labute approximate surface area is 208 Å². The molecule has 0 N–H and O–H groups in total. The van der Waals surface area contributed by atoms with Crippen molar-refractivity contribution < 1.29 is 9.59 Å². The summed E-state index contributed by atoms with van der Waals surface area (Å²) in [7, 11) is 0. The van der Waals surface area contributed by atoms with Crippen molar-refractivity contribution in [1.82, 2.24) is 14.5 Å². The molecular weight excluding hydrogens is 436 g/mol. The number of imidazole rings is 1. The maximum absolute atomic E-state index is 13.5. The number of carbonyl (C=O) groups is 2. The normalized spacial score (nSPS) is 16.2. The van der Waals surface area contributed by atoms with Crippen LogP contribution < -0.4 is 4.90 Å². The maximum Gasteiger partial charge on any atom is 0.242 e. The molecule has 2 amide bonds. The lowest BCUT2D eigenvalue weighted by Crippen LogP contribution is -2.39. The fraction of sp³-hybridized carbons (Fsp3) is 0.483. The zero-order valence-corrected chi connectivity index (χ0v) is 21.9. The van der Waals surface area contributed by atoms with Crippen LogP contribution in [0.1, 0.15) is 57.0 Å². The van der Waals surface area contributed by atoms with Crippen LogP contribution in [0.15, 0.2) is 42.5 Å². The van der Waals surface area contributed by atoms with Gasteiger partial charge in [0, 0.05) is 37.7 Å². The number of anilines is 1. The second-order valence-electron chi connectivity index (χ2n) is 10.8. The minimum Gasteiger partial charge on any atom is -0.341 e. The summed E-state index contributed by atoms with van der Waals surface area (Å²) in [5, 5.41) is 0. The largest absolute Gasteiger partial charge is 0.341 e. The van der Waals surface area contributed by atoms with E-state index in [2.05, 4.69) is 58.2 Å². The molecule has 0 saturated carbocycles. The zero-order chi connectivity index (χ0) is 25.3. The van der Waals surface area contributed by atoms with Gasteiger partial charge in [0.1, 0.15) is 12.4 Å². The molecule has 1 atom stereocenters. The van der Waals surface area contributed by atoms with Crippen LogP contribution in [-0.2, 0) is 16.1 Å². The second-order valence-corrected chi connectivity index (χ2v) is 10.8. The van der Waals surface area contributed by atoms with Gasteiger partial charge in [0.2, 0.25) is 11.8 Å². The number of para-hydroxylation sites is 3. The van der Waals surface area contributed by atoms with E-state index in [1.165, 1.54) is 0 Å². The molecule has 0 aliphatic carbocycles. The number of fused-ring (bicyclic) bond motifs is 1. The van der Waals surface area contributed by atoms with Gasteiger partial charge in [-0.3, -0.25) is 9.59 Å². The number of nitrogens with zero attached hydrogens (tertiary/aromatic N) is 4. The third kappa shape index (κ3) is 5.26. The number of rotatable bonds is 8. The second kappa shape index (κ2) is 10.2. The van der Waals surface area contributed by atoms with Crippen molar-refractivity contribution in [1.29, 1.82) is 0 Å². The molecule has 6 heteroatoms. The van der Waals surface area contributed by atoms with E-state index in [0.29, 0.717) is 24.8 Å². The van der Waals surface area contributed by atoms with E-state index >= 15 is 0 Å². The van der Waals surface area contributed by atoms with Crippen molar-refractivity contribution in [3.63, 3.8) is 0 Å². The molecule has 0 radical (unpaired) electrons. The van der Waals surface area contributed by atoms with Crippen molar-refractivity contribution in [2.24, 2.45) is 11.8 Å². The summed E-state index contributed by atoms with van der Waals surface area (Å²) in [5.41, 5.74) is 5.01. The Morgan fingerprint density at radius 2 is 1.63 bits per heavy atom. The van der Waals surface area contributed by atoms with Gasteiger partial charge in [-0.1, -0.05) is 58.0 Å². The first-order valence-electron chi connectivity index (χ1n) is 12.7. The molecule has 1 aromatic heterocycles. The van der Waals surface area contributed by atoms with E-state index < -0.39 is 0 Å². The molecule has 35 heavy (non-hydrogen) atoms. The predicted molar refractivity (Wildman–Crippen MR) is 142 cm³/mol. The molecule has 6 nitrogen and oxygen atoms in total. The van der Waals surface area contributed by atoms with E-state index in [1.54, 1.807) is 0 Å². The van der Waals surface area contributed by atoms with E-state index in [4.69, 9.17) is 4.98 Å². The van der Waals surface area contributed by atoms with Crippen LogP contribution in [-0.4, -0.2) is 45.9 Å². The highest BCUT2D eigenvalue weighted by molar-refractivity contribution is 5.98. The van der Waals surface area contributed by atoms with Gasteiger partial charge in [0.15, 0.2) is 0 Å². The number of hydrogen-bond acceptors (Lipinski definition) is 3. The van der Waals surface area contributed by atoms with Gasteiger partial charge in [-0.25, -0.2) is 4.98 Å². The lowest BCUT2D eigenvalue weighted by molar-refractivity contribution is -0.132. The Kier molecular flexibility index (Phi) is 7.29. The maximum atomic E-state index is 13.5. The lowest BCUT2D eigenvalue weighted by atomic mass is 10.1. The van der Waals surface area contributed by atoms with Gasteiger partial charge in [-0.05, 0) is 48.9 Å². The van der Waals surface area contributed by atoms with Gasteiger partial charge < -0.3 is 14.4 Å². The standard InChI is InChI=1S/C29H38N4O2/c1-19(2)15-31(16-20(3)4)27(35)18-32-25-13-8-7-12-24(25)30-29(32)23-14-26(34)33(17-23)28-21(5)10-9-11-22(28)6/h7-13,19-20,23H,14-18H2,1-6H3. The predicted octanol–water partition coefficient (Wildman–Crippen LogP) is 5.31. The van der Waals surface area contributed by atoms with Crippen LogP contribution in [0, 0.1) is 25.7 Å². The molecular formula is C29H38N4O2. The molecule has 2 heterocycles. The van der Waals surface area contributed by atoms with E-state index in [0.717, 1.165) is 46.8 Å². The van der Waals surface area contributed by atoms with Crippen LogP contribution in [0.4, 0.5) is 5.69 Å². The summed E-state index contributed by atoms with van der Waals surface area (Å²) in [6.07, 6.45) is 0.396. The number of aryl methyl sites for hydroxylation is 2. The average molecular weight is 475 g/mol. The van der Waals surface area contributed by atoms with E-state index in [-0.39, 0.29) is 24.3 Å². The highest BCUT2D eigenvalue weighted by atomic mass is 16.2. The molecule has 1 aliphatic heterocycles. The molecule has 0 spiro atoms. The molecule has 1 saturated heterocycles. The average Bonchev–Trinajstić information content (AvgIpc) is 3.33. The Bertz CT molecular complexity index is 1200. The van der Waals surface area contributed by atoms with Crippen molar-refractivity contribution in [2.75, 3.05) is 24.5 Å². The summed E-state index contributed by atoms with van der Waals surface area (Å²) >= 11 is 0. The van der Waals surface area contributed by atoms with Gasteiger partial charge in [-0.15, -0.1) is 0 Å². The van der Waals surface area contributed by atoms with Gasteiger partial charge in [-0.2, -0.15) is 0 Å². The number of benzene rings is 2. The van der Waals surface area contributed by atoms with Crippen molar-refractivity contribution in [3.8, 4) is 0 Å². The molecule has 1 aliphatic rings. The summed E-state index contributed by atoms with van der Waals surface area (Å²) in [4.78, 5) is 35.5. The Balaban J connectivity index is 1.68. The van der Waals surface area contributed by atoms with Crippen molar-refractivity contribution in [2.45, 2.75) is 60.4 Å². The molecule has 0 bridgehead atoms. The molecule has 3 aromatic rings. The van der Waals surface area contributed by atoms with Crippen LogP contribution in [0.3, 0.4) is 0 Å². The van der Waals surface area contributed by atoms with Crippen LogP contribution in [0.25, 0.3) is 11.0 Å². The number of hydrogen-bond donors (Lipinski definition) is 0. The Hall–Kier alpha value is -3.15. The first kappa shape index (κ1) is 25.0. The fourth-order valence-electron chi connectivity index (χ4n) is 5.30. The Morgan fingerprint density at radius 3 is 2.26 bits per heavy atom.